The minimum absolute atomic E-state index is 0.111. The maximum atomic E-state index is 13.7. The molecule has 0 saturated carbocycles. The first-order valence-corrected chi connectivity index (χ1v) is 15.7. The number of morpholine rings is 1. The van der Waals surface area contributed by atoms with Gasteiger partial charge in [-0.15, -0.1) is 11.3 Å². The highest BCUT2D eigenvalue weighted by atomic mass is 32.1. The summed E-state index contributed by atoms with van der Waals surface area (Å²) < 4.78 is 6.59. The van der Waals surface area contributed by atoms with Gasteiger partial charge in [-0.25, -0.2) is 4.98 Å². The predicted molar refractivity (Wildman–Crippen MR) is 172 cm³/mol. The number of ether oxygens (including phenoxy) is 1. The molecule has 1 fully saturated rings. The van der Waals surface area contributed by atoms with Crippen molar-refractivity contribution in [3.05, 3.63) is 85.3 Å². The van der Waals surface area contributed by atoms with Gasteiger partial charge in [-0.05, 0) is 54.7 Å². The van der Waals surface area contributed by atoms with Gasteiger partial charge in [-0.3, -0.25) is 14.5 Å². The molecule has 3 heterocycles. The smallest absolute Gasteiger partial charge is 0.253 e. The molecule has 8 heteroatoms. The summed E-state index contributed by atoms with van der Waals surface area (Å²) in [7, 11) is 0. The molecule has 222 valence electrons. The van der Waals surface area contributed by atoms with E-state index in [1.54, 1.807) is 11.3 Å². The van der Waals surface area contributed by atoms with Crippen LogP contribution in [0.2, 0.25) is 0 Å². The number of nitrogens with zero attached hydrogens (tertiary/aromatic N) is 2. The maximum absolute atomic E-state index is 13.7. The molecule has 0 aliphatic carbocycles. The standard InChI is InChI=1S/C34H42N4O3S/c1-7-8-25-17-21(2)36-32(40)28(25)19-35-31(39)26-18-27(30-29(22(26)3)37-33(42-30)34(4,5)6)24-11-9-23(10-12-24)20-38-13-15-41-16-14-38/h9-12,17-18H,7-8,13-16,19-20H2,1-6H3,(H,35,39)(H,36,40). The number of hydrogen-bond donors (Lipinski definition) is 2. The van der Waals surface area contributed by atoms with Gasteiger partial charge in [0.05, 0.1) is 28.4 Å². The zero-order valence-corrected chi connectivity index (χ0v) is 26.5. The van der Waals surface area contributed by atoms with E-state index >= 15 is 0 Å². The van der Waals surface area contributed by atoms with E-state index in [0.717, 1.165) is 88.9 Å². The van der Waals surface area contributed by atoms with Gasteiger partial charge < -0.3 is 15.0 Å². The summed E-state index contributed by atoms with van der Waals surface area (Å²) in [5, 5.41) is 4.09. The molecule has 7 nitrogen and oxygen atoms in total. The molecule has 0 atom stereocenters. The predicted octanol–water partition coefficient (Wildman–Crippen LogP) is 6.28. The normalized spacial score (nSPS) is 14.4. The van der Waals surface area contributed by atoms with E-state index in [0.29, 0.717) is 11.1 Å². The molecule has 0 radical (unpaired) electrons. The van der Waals surface area contributed by atoms with Crippen LogP contribution in [0.15, 0.2) is 41.2 Å². The number of aryl methyl sites for hydroxylation is 3. The maximum Gasteiger partial charge on any atom is 0.253 e. The van der Waals surface area contributed by atoms with E-state index in [1.807, 2.05) is 26.0 Å². The lowest BCUT2D eigenvalue weighted by Gasteiger charge is -2.26. The number of hydrogen-bond acceptors (Lipinski definition) is 6. The first kappa shape index (κ1) is 30.1. The fourth-order valence-electron chi connectivity index (χ4n) is 5.52. The number of benzene rings is 2. The number of fused-ring (bicyclic) bond motifs is 1. The molecule has 2 aromatic carbocycles. The van der Waals surface area contributed by atoms with Gasteiger partial charge >= 0.3 is 0 Å². The van der Waals surface area contributed by atoms with Crippen LogP contribution in [0.1, 0.15) is 77.4 Å². The van der Waals surface area contributed by atoms with Gasteiger partial charge in [0, 0.05) is 54.0 Å². The molecule has 0 bridgehead atoms. The van der Waals surface area contributed by atoms with Crippen molar-refractivity contribution in [3.63, 3.8) is 0 Å². The molecule has 1 aliphatic rings. The number of carbonyl (C=O) groups is 1. The number of carbonyl (C=O) groups excluding carboxylic acids is 1. The van der Waals surface area contributed by atoms with Crippen LogP contribution in [-0.2, 0) is 29.7 Å². The molecular weight excluding hydrogens is 544 g/mol. The summed E-state index contributed by atoms with van der Waals surface area (Å²) in [6.45, 7) is 17.0. The number of aromatic nitrogens is 2. The number of thiazole rings is 1. The second kappa shape index (κ2) is 12.5. The van der Waals surface area contributed by atoms with Gasteiger partial charge in [-0.1, -0.05) is 58.4 Å². The van der Waals surface area contributed by atoms with Crippen LogP contribution in [-0.4, -0.2) is 47.1 Å². The van der Waals surface area contributed by atoms with E-state index < -0.39 is 0 Å². The molecule has 4 aromatic rings. The molecular formula is C34H42N4O3S. The fraction of sp³-hybridized carbons (Fsp3) is 0.441. The zero-order chi connectivity index (χ0) is 30.0. The van der Waals surface area contributed by atoms with Crippen LogP contribution < -0.4 is 10.9 Å². The lowest BCUT2D eigenvalue weighted by atomic mass is 9.96. The van der Waals surface area contributed by atoms with Crippen molar-refractivity contribution in [2.45, 2.75) is 72.9 Å². The monoisotopic (exact) mass is 586 g/mol. The number of aromatic amines is 1. The minimum Gasteiger partial charge on any atom is -0.379 e. The molecule has 1 saturated heterocycles. The van der Waals surface area contributed by atoms with Gasteiger partial charge in [0.1, 0.15) is 0 Å². The molecule has 1 aliphatic heterocycles. The van der Waals surface area contributed by atoms with Crippen LogP contribution in [0.25, 0.3) is 21.3 Å². The Morgan fingerprint density at radius 1 is 1.12 bits per heavy atom. The topological polar surface area (TPSA) is 87.3 Å². The van der Waals surface area contributed by atoms with Crippen LogP contribution in [0.4, 0.5) is 0 Å². The first-order chi connectivity index (χ1) is 20.0. The summed E-state index contributed by atoms with van der Waals surface area (Å²) in [6, 6.07) is 12.7. The van der Waals surface area contributed by atoms with E-state index in [4.69, 9.17) is 9.72 Å². The van der Waals surface area contributed by atoms with Crippen molar-refractivity contribution in [1.82, 2.24) is 20.2 Å². The van der Waals surface area contributed by atoms with E-state index in [1.165, 1.54) is 5.56 Å². The van der Waals surface area contributed by atoms with Crippen molar-refractivity contribution in [2.24, 2.45) is 0 Å². The SMILES string of the molecule is CCCc1cc(C)[nH]c(=O)c1CNC(=O)c1cc(-c2ccc(CN3CCOCC3)cc2)c2sc(C(C)(C)C)nc2c1C. The second-order valence-corrected chi connectivity index (χ2v) is 13.3. The molecule has 2 aromatic heterocycles. The van der Waals surface area contributed by atoms with Gasteiger partial charge in [0.25, 0.3) is 11.5 Å². The van der Waals surface area contributed by atoms with Crippen molar-refractivity contribution in [2.75, 3.05) is 26.3 Å². The average Bonchev–Trinajstić information content (AvgIpc) is 3.41. The Bertz CT molecular complexity index is 1640. The molecule has 42 heavy (non-hydrogen) atoms. The first-order valence-electron chi connectivity index (χ1n) is 14.9. The number of nitrogens with one attached hydrogen (secondary N) is 2. The average molecular weight is 587 g/mol. The van der Waals surface area contributed by atoms with Gasteiger partial charge in [-0.2, -0.15) is 0 Å². The Morgan fingerprint density at radius 3 is 2.50 bits per heavy atom. The lowest BCUT2D eigenvalue weighted by Crippen LogP contribution is -2.35. The summed E-state index contributed by atoms with van der Waals surface area (Å²) >= 11 is 1.70. The van der Waals surface area contributed by atoms with Crippen molar-refractivity contribution in [1.29, 1.82) is 0 Å². The number of pyridine rings is 1. The third-order valence-electron chi connectivity index (χ3n) is 7.89. The highest BCUT2D eigenvalue weighted by Gasteiger charge is 2.24. The second-order valence-electron chi connectivity index (χ2n) is 12.3. The summed E-state index contributed by atoms with van der Waals surface area (Å²) in [5.41, 5.74) is 7.81. The minimum atomic E-state index is -0.202. The van der Waals surface area contributed by atoms with E-state index in [-0.39, 0.29) is 23.4 Å². The molecule has 1 amide bonds. The fourth-order valence-corrected chi connectivity index (χ4v) is 6.73. The van der Waals surface area contributed by atoms with Gasteiger partial charge in [0.2, 0.25) is 0 Å². The number of rotatable bonds is 8. The number of amides is 1. The lowest BCUT2D eigenvalue weighted by molar-refractivity contribution is 0.0342. The van der Waals surface area contributed by atoms with E-state index in [9.17, 15) is 9.59 Å². The van der Waals surface area contributed by atoms with Crippen molar-refractivity contribution >= 4 is 27.5 Å². The Morgan fingerprint density at radius 2 is 1.83 bits per heavy atom. The third kappa shape index (κ3) is 6.51. The molecule has 2 N–H and O–H groups in total. The highest BCUT2D eigenvalue weighted by Crippen LogP contribution is 2.40. The third-order valence-corrected chi connectivity index (χ3v) is 9.40. The van der Waals surface area contributed by atoms with Gasteiger partial charge in [0.15, 0.2) is 0 Å². The number of H-pyrrole nitrogens is 1. The Labute approximate surface area is 252 Å². The zero-order valence-electron chi connectivity index (χ0n) is 25.6. The Kier molecular flexibility index (Phi) is 8.97. The molecule has 0 spiro atoms. The van der Waals surface area contributed by atoms with Crippen molar-refractivity contribution < 1.29 is 9.53 Å². The summed E-state index contributed by atoms with van der Waals surface area (Å²) in [4.78, 5) is 36.9. The van der Waals surface area contributed by atoms with Crippen LogP contribution in [0.5, 0.6) is 0 Å². The molecule has 0 unspecified atom stereocenters. The van der Waals surface area contributed by atoms with Crippen LogP contribution >= 0.6 is 11.3 Å². The van der Waals surface area contributed by atoms with Crippen molar-refractivity contribution in [3.8, 4) is 11.1 Å². The highest BCUT2D eigenvalue weighted by molar-refractivity contribution is 7.19. The summed E-state index contributed by atoms with van der Waals surface area (Å²) in [6.07, 6.45) is 1.72. The largest absolute Gasteiger partial charge is 0.379 e. The van der Waals surface area contributed by atoms with Crippen LogP contribution in [0.3, 0.4) is 0 Å². The Hall–Kier alpha value is -3.33. The molecule has 5 rings (SSSR count). The van der Waals surface area contributed by atoms with Crippen LogP contribution in [0, 0.1) is 13.8 Å². The quantitative estimate of drug-likeness (QED) is 0.254. The summed E-state index contributed by atoms with van der Waals surface area (Å²) in [5.74, 6) is -0.202. The Balaban J connectivity index is 1.50. The van der Waals surface area contributed by atoms with E-state index in [2.05, 4.69) is 67.2 Å².